The first-order chi connectivity index (χ1) is 21.3. The van der Waals surface area contributed by atoms with Crippen molar-refractivity contribution in [2.75, 3.05) is 13.2 Å². The van der Waals surface area contributed by atoms with Gasteiger partial charge in [0.15, 0.2) is 6.29 Å². The van der Waals surface area contributed by atoms with Crippen molar-refractivity contribution in [3.8, 4) is 0 Å². The Kier molecular flexibility index (Phi) is 25.6. The number of unbranched alkanes of at least 4 members (excludes halogenated alkanes) is 19. The summed E-state index contributed by atoms with van der Waals surface area (Å²) in [5, 5.41) is 53.8. The van der Waals surface area contributed by atoms with E-state index in [-0.39, 0.29) is 12.5 Å². The van der Waals surface area contributed by atoms with Crippen LogP contribution in [0.3, 0.4) is 0 Å². The topological polar surface area (TPSA) is 149 Å². The van der Waals surface area contributed by atoms with Crippen molar-refractivity contribution < 1.29 is 39.8 Å². The molecule has 0 bridgehead atoms. The van der Waals surface area contributed by atoms with Crippen molar-refractivity contribution in [1.82, 2.24) is 5.32 Å². The number of ether oxygens (including phenoxy) is 2. The van der Waals surface area contributed by atoms with Gasteiger partial charge in [0.25, 0.3) is 0 Å². The van der Waals surface area contributed by atoms with Gasteiger partial charge in [-0.2, -0.15) is 0 Å². The van der Waals surface area contributed by atoms with Crippen molar-refractivity contribution >= 4 is 5.91 Å². The molecule has 1 amide bonds. The van der Waals surface area contributed by atoms with Crippen LogP contribution in [0.15, 0.2) is 0 Å². The van der Waals surface area contributed by atoms with E-state index < -0.39 is 49.5 Å². The third-order valence-electron chi connectivity index (χ3n) is 8.96. The number of carbonyl (C=O) groups is 1. The van der Waals surface area contributed by atoms with Gasteiger partial charge in [0.2, 0.25) is 5.91 Å². The van der Waals surface area contributed by atoms with E-state index in [0.717, 1.165) is 38.5 Å². The van der Waals surface area contributed by atoms with Crippen LogP contribution in [0.25, 0.3) is 0 Å². The third kappa shape index (κ3) is 19.0. The van der Waals surface area contributed by atoms with E-state index >= 15 is 0 Å². The Balaban J connectivity index is 2.41. The third-order valence-corrected chi connectivity index (χ3v) is 8.96. The van der Waals surface area contributed by atoms with Gasteiger partial charge in [-0.15, -0.1) is 0 Å². The van der Waals surface area contributed by atoms with Crippen molar-refractivity contribution in [2.45, 2.75) is 204 Å². The average molecular weight is 632 g/mol. The number of hydrogen-bond donors (Lipinski definition) is 6. The van der Waals surface area contributed by atoms with Gasteiger partial charge in [-0.05, 0) is 12.8 Å². The van der Waals surface area contributed by atoms with E-state index in [0.29, 0.717) is 12.8 Å². The van der Waals surface area contributed by atoms with Crippen LogP contribution >= 0.6 is 0 Å². The second-order valence-electron chi connectivity index (χ2n) is 13.0. The van der Waals surface area contributed by atoms with Gasteiger partial charge in [0, 0.05) is 6.42 Å². The summed E-state index contributed by atoms with van der Waals surface area (Å²) in [6, 6.07) is -0.707. The highest BCUT2D eigenvalue weighted by molar-refractivity contribution is 5.76. The lowest BCUT2D eigenvalue weighted by Crippen LogP contribution is -2.60. The fourth-order valence-corrected chi connectivity index (χ4v) is 5.92. The number of hydrogen-bond acceptors (Lipinski definition) is 8. The second kappa shape index (κ2) is 27.3. The Morgan fingerprint density at radius 1 is 0.682 bits per heavy atom. The summed E-state index contributed by atoms with van der Waals surface area (Å²) in [6.45, 7) is 3.76. The van der Waals surface area contributed by atoms with Crippen LogP contribution in [0.2, 0.25) is 0 Å². The molecule has 7 atom stereocenters. The predicted octanol–water partition coefficient (Wildman–Crippen LogP) is 5.66. The van der Waals surface area contributed by atoms with Gasteiger partial charge >= 0.3 is 0 Å². The zero-order chi connectivity index (χ0) is 32.4. The first-order valence-electron chi connectivity index (χ1n) is 18.2. The summed E-state index contributed by atoms with van der Waals surface area (Å²) < 4.78 is 11.2. The first kappa shape index (κ1) is 41.2. The second-order valence-corrected chi connectivity index (χ2v) is 13.0. The van der Waals surface area contributed by atoms with Crippen LogP contribution in [0.5, 0.6) is 0 Å². The number of aliphatic hydroxyl groups is 5. The van der Waals surface area contributed by atoms with E-state index in [1.807, 2.05) is 0 Å². The normalized spacial score (nSPS) is 23.5. The lowest BCUT2D eigenvalue weighted by Gasteiger charge is -2.40. The Hall–Kier alpha value is -0.810. The fourth-order valence-electron chi connectivity index (χ4n) is 5.92. The molecule has 0 aromatic carbocycles. The Bertz CT molecular complexity index is 667. The molecule has 1 fully saturated rings. The van der Waals surface area contributed by atoms with E-state index in [1.165, 1.54) is 96.3 Å². The minimum absolute atomic E-state index is 0.134. The number of amides is 1. The molecule has 2 unspecified atom stereocenters. The minimum atomic E-state index is -1.54. The molecule has 1 heterocycles. The smallest absolute Gasteiger partial charge is 0.220 e. The van der Waals surface area contributed by atoms with Crippen molar-refractivity contribution in [2.24, 2.45) is 0 Å². The molecule has 1 aliphatic rings. The Morgan fingerprint density at radius 3 is 1.61 bits per heavy atom. The molecule has 1 saturated heterocycles. The molecular formula is C35H69NO8. The Morgan fingerprint density at radius 2 is 1.14 bits per heavy atom. The highest BCUT2D eigenvalue weighted by Crippen LogP contribution is 2.23. The van der Waals surface area contributed by atoms with Gasteiger partial charge in [-0.1, -0.05) is 142 Å². The largest absolute Gasteiger partial charge is 0.394 e. The molecular weight excluding hydrogens is 562 g/mol. The highest BCUT2D eigenvalue weighted by atomic mass is 16.7. The van der Waals surface area contributed by atoms with E-state index in [4.69, 9.17) is 9.47 Å². The molecule has 1 rings (SSSR count). The van der Waals surface area contributed by atoms with E-state index in [9.17, 15) is 30.3 Å². The monoisotopic (exact) mass is 632 g/mol. The van der Waals surface area contributed by atoms with Crippen molar-refractivity contribution in [3.63, 3.8) is 0 Å². The molecule has 262 valence electrons. The van der Waals surface area contributed by atoms with Crippen LogP contribution in [0, 0.1) is 0 Å². The maximum Gasteiger partial charge on any atom is 0.220 e. The molecule has 9 nitrogen and oxygen atoms in total. The van der Waals surface area contributed by atoms with Crippen LogP contribution in [-0.4, -0.2) is 87.5 Å². The predicted molar refractivity (Wildman–Crippen MR) is 175 cm³/mol. The standard InChI is InChI=1S/C35H69NO8/c1-3-5-7-9-11-12-13-14-15-16-17-19-20-22-24-29(38)28(36-31(39)25-23-21-18-10-8-6-4-2)27-43-35-34(42)33(41)32(40)30(26-37)44-35/h28-30,32-35,37-38,40-42H,3-27H2,1-2H3,(H,36,39)/t28-,29+,30+,32+,33?,34?,35+/m0/s1. The van der Waals surface area contributed by atoms with Crippen LogP contribution in [0.1, 0.15) is 162 Å². The zero-order valence-electron chi connectivity index (χ0n) is 28.2. The number of aliphatic hydroxyl groups excluding tert-OH is 5. The molecule has 0 saturated carbocycles. The molecule has 0 spiro atoms. The molecule has 0 aromatic rings. The summed E-state index contributed by atoms with van der Waals surface area (Å²) in [4.78, 5) is 12.7. The minimum Gasteiger partial charge on any atom is -0.394 e. The van der Waals surface area contributed by atoms with Gasteiger partial charge in [-0.3, -0.25) is 4.79 Å². The SMILES string of the molecule is CCCCCCCCCCCCCCCC[C@@H](O)[C@H](CO[C@@H]1O[C@H](CO)[C@@H](O)C(O)C1O)NC(=O)CCCCCCCCC. The van der Waals surface area contributed by atoms with Crippen LogP contribution < -0.4 is 5.32 Å². The average Bonchev–Trinajstić information content (AvgIpc) is 3.02. The molecule has 6 N–H and O–H groups in total. The van der Waals surface area contributed by atoms with Gasteiger partial charge in [-0.25, -0.2) is 0 Å². The van der Waals surface area contributed by atoms with Crippen molar-refractivity contribution in [1.29, 1.82) is 0 Å². The zero-order valence-corrected chi connectivity index (χ0v) is 28.2. The number of nitrogens with one attached hydrogen (secondary N) is 1. The van der Waals surface area contributed by atoms with Crippen LogP contribution in [0.4, 0.5) is 0 Å². The van der Waals surface area contributed by atoms with E-state index in [2.05, 4.69) is 19.2 Å². The first-order valence-corrected chi connectivity index (χ1v) is 18.2. The summed E-state index contributed by atoms with van der Waals surface area (Å²) in [6.07, 6.45) is 18.4. The number of rotatable bonds is 29. The lowest BCUT2D eigenvalue weighted by atomic mass is 9.99. The molecule has 44 heavy (non-hydrogen) atoms. The van der Waals surface area contributed by atoms with Gasteiger partial charge < -0.3 is 40.3 Å². The Labute approximate surface area is 268 Å². The highest BCUT2D eigenvalue weighted by Gasteiger charge is 2.44. The maximum atomic E-state index is 12.7. The molecule has 0 radical (unpaired) electrons. The summed E-state index contributed by atoms with van der Waals surface area (Å²) >= 11 is 0. The van der Waals surface area contributed by atoms with Crippen molar-refractivity contribution in [3.05, 3.63) is 0 Å². The summed E-state index contributed by atoms with van der Waals surface area (Å²) in [5.74, 6) is -0.152. The summed E-state index contributed by atoms with van der Waals surface area (Å²) in [7, 11) is 0. The molecule has 1 aliphatic heterocycles. The summed E-state index contributed by atoms with van der Waals surface area (Å²) in [5.41, 5.74) is 0. The maximum absolute atomic E-state index is 12.7. The van der Waals surface area contributed by atoms with Gasteiger partial charge in [0.1, 0.15) is 24.4 Å². The van der Waals surface area contributed by atoms with Crippen LogP contribution in [-0.2, 0) is 14.3 Å². The quantitative estimate of drug-likeness (QED) is 0.0580. The molecule has 9 heteroatoms. The number of carbonyl (C=O) groups excluding carboxylic acids is 1. The van der Waals surface area contributed by atoms with Gasteiger partial charge in [0.05, 0.1) is 25.4 Å². The fraction of sp³-hybridized carbons (Fsp3) is 0.971. The molecule has 0 aromatic heterocycles. The lowest BCUT2D eigenvalue weighted by molar-refractivity contribution is -0.302. The van der Waals surface area contributed by atoms with E-state index in [1.54, 1.807) is 0 Å². The molecule has 0 aliphatic carbocycles.